The zero-order valence-corrected chi connectivity index (χ0v) is 13.9. The molecule has 0 radical (unpaired) electrons. The lowest BCUT2D eigenvalue weighted by molar-refractivity contribution is 0.299. The number of hydrogen-bond donors (Lipinski definition) is 2. The SMILES string of the molecule is CC(Nc1ccc(CCO)cc1)c1nc(-c2ccccc2)cs1. The summed E-state index contributed by atoms with van der Waals surface area (Å²) in [4.78, 5) is 4.75. The van der Waals surface area contributed by atoms with Crippen LogP contribution in [0.3, 0.4) is 0 Å². The average Bonchev–Trinajstić information content (AvgIpc) is 3.08. The Morgan fingerprint density at radius 1 is 1.09 bits per heavy atom. The quantitative estimate of drug-likeness (QED) is 0.701. The molecule has 2 aromatic carbocycles. The average molecular weight is 324 g/mol. The molecule has 118 valence electrons. The molecule has 23 heavy (non-hydrogen) atoms. The molecule has 0 aliphatic carbocycles. The molecular formula is C19H20N2OS. The Morgan fingerprint density at radius 3 is 2.52 bits per heavy atom. The number of rotatable bonds is 6. The summed E-state index contributed by atoms with van der Waals surface area (Å²) in [5, 5.41) is 15.6. The molecule has 1 heterocycles. The highest BCUT2D eigenvalue weighted by atomic mass is 32.1. The van der Waals surface area contributed by atoms with E-state index < -0.39 is 0 Å². The van der Waals surface area contributed by atoms with E-state index in [1.807, 2.05) is 42.5 Å². The van der Waals surface area contributed by atoms with E-state index in [-0.39, 0.29) is 12.6 Å². The number of aliphatic hydroxyl groups excluding tert-OH is 1. The van der Waals surface area contributed by atoms with E-state index in [0.29, 0.717) is 6.42 Å². The van der Waals surface area contributed by atoms with Gasteiger partial charge in [-0.05, 0) is 31.0 Å². The Kier molecular flexibility index (Phi) is 5.05. The summed E-state index contributed by atoms with van der Waals surface area (Å²) in [5.74, 6) is 0. The summed E-state index contributed by atoms with van der Waals surface area (Å²) in [6, 6.07) is 18.6. The van der Waals surface area contributed by atoms with Crippen LogP contribution in [-0.4, -0.2) is 16.7 Å². The number of aromatic nitrogens is 1. The number of thiazole rings is 1. The fourth-order valence-electron chi connectivity index (χ4n) is 2.44. The molecular weight excluding hydrogens is 304 g/mol. The second-order valence-corrected chi connectivity index (χ2v) is 6.36. The van der Waals surface area contributed by atoms with E-state index >= 15 is 0 Å². The van der Waals surface area contributed by atoms with E-state index in [9.17, 15) is 0 Å². The van der Waals surface area contributed by atoms with Crippen LogP contribution in [0, 0.1) is 0 Å². The monoisotopic (exact) mass is 324 g/mol. The molecule has 0 amide bonds. The highest BCUT2D eigenvalue weighted by molar-refractivity contribution is 7.10. The maximum Gasteiger partial charge on any atom is 0.115 e. The summed E-state index contributed by atoms with van der Waals surface area (Å²) in [6.45, 7) is 2.31. The van der Waals surface area contributed by atoms with Crippen LogP contribution in [0.5, 0.6) is 0 Å². The minimum atomic E-state index is 0.154. The van der Waals surface area contributed by atoms with Crippen LogP contribution in [0.4, 0.5) is 5.69 Å². The van der Waals surface area contributed by atoms with Gasteiger partial charge >= 0.3 is 0 Å². The third-order valence-electron chi connectivity index (χ3n) is 3.70. The fourth-order valence-corrected chi connectivity index (χ4v) is 3.27. The summed E-state index contributed by atoms with van der Waals surface area (Å²) >= 11 is 1.68. The van der Waals surface area contributed by atoms with Gasteiger partial charge in [0.25, 0.3) is 0 Å². The van der Waals surface area contributed by atoms with Crippen LogP contribution in [-0.2, 0) is 6.42 Å². The maximum atomic E-state index is 8.96. The third-order valence-corrected chi connectivity index (χ3v) is 4.73. The van der Waals surface area contributed by atoms with Crippen LogP contribution in [0.15, 0.2) is 60.0 Å². The van der Waals surface area contributed by atoms with Gasteiger partial charge in [-0.3, -0.25) is 0 Å². The molecule has 0 bridgehead atoms. The van der Waals surface area contributed by atoms with Crippen molar-refractivity contribution in [2.24, 2.45) is 0 Å². The number of nitrogens with zero attached hydrogens (tertiary/aromatic N) is 1. The van der Waals surface area contributed by atoms with Gasteiger partial charge in [-0.2, -0.15) is 0 Å². The van der Waals surface area contributed by atoms with Crippen molar-refractivity contribution in [1.82, 2.24) is 4.98 Å². The first kappa shape index (κ1) is 15.7. The van der Waals surface area contributed by atoms with Crippen molar-refractivity contribution in [1.29, 1.82) is 0 Å². The maximum absolute atomic E-state index is 8.96. The van der Waals surface area contributed by atoms with Crippen molar-refractivity contribution in [2.75, 3.05) is 11.9 Å². The fraction of sp³-hybridized carbons (Fsp3) is 0.211. The lowest BCUT2D eigenvalue weighted by Gasteiger charge is -2.13. The van der Waals surface area contributed by atoms with Crippen LogP contribution < -0.4 is 5.32 Å². The lowest BCUT2D eigenvalue weighted by Crippen LogP contribution is -2.06. The van der Waals surface area contributed by atoms with Crippen LogP contribution >= 0.6 is 11.3 Å². The standard InChI is InChI=1S/C19H20N2OS/c1-14(20-17-9-7-15(8-10-17)11-12-22)19-21-18(13-23-19)16-5-3-2-4-6-16/h2-10,13-14,20,22H,11-12H2,1H3. The van der Waals surface area contributed by atoms with Gasteiger partial charge < -0.3 is 10.4 Å². The topological polar surface area (TPSA) is 45.1 Å². The third kappa shape index (κ3) is 3.97. The van der Waals surface area contributed by atoms with Crippen LogP contribution in [0.25, 0.3) is 11.3 Å². The molecule has 0 fully saturated rings. The van der Waals surface area contributed by atoms with Crippen molar-refractivity contribution in [3.05, 3.63) is 70.5 Å². The van der Waals surface area contributed by atoms with Crippen molar-refractivity contribution in [3.63, 3.8) is 0 Å². The van der Waals surface area contributed by atoms with Gasteiger partial charge in [0.05, 0.1) is 11.7 Å². The Labute approximate surface area is 140 Å². The molecule has 0 saturated carbocycles. The number of benzene rings is 2. The second kappa shape index (κ2) is 7.40. The van der Waals surface area contributed by atoms with Crippen molar-refractivity contribution < 1.29 is 5.11 Å². The number of anilines is 1. The van der Waals surface area contributed by atoms with Gasteiger partial charge in [0.1, 0.15) is 5.01 Å². The molecule has 0 aliphatic rings. The smallest absolute Gasteiger partial charge is 0.115 e. The van der Waals surface area contributed by atoms with Gasteiger partial charge in [0.15, 0.2) is 0 Å². The second-order valence-electron chi connectivity index (χ2n) is 5.47. The molecule has 1 aromatic heterocycles. The molecule has 1 atom stereocenters. The summed E-state index contributed by atoms with van der Waals surface area (Å²) in [7, 11) is 0. The Morgan fingerprint density at radius 2 is 1.83 bits per heavy atom. The minimum absolute atomic E-state index is 0.154. The van der Waals surface area contributed by atoms with Crippen molar-refractivity contribution in [3.8, 4) is 11.3 Å². The molecule has 3 nitrogen and oxygen atoms in total. The van der Waals surface area contributed by atoms with Gasteiger partial charge in [-0.1, -0.05) is 42.5 Å². The molecule has 0 spiro atoms. The number of nitrogens with one attached hydrogen (secondary N) is 1. The molecule has 2 N–H and O–H groups in total. The van der Waals surface area contributed by atoms with Gasteiger partial charge in [0.2, 0.25) is 0 Å². The largest absolute Gasteiger partial charge is 0.396 e. The summed E-state index contributed by atoms with van der Waals surface area (Å²) in [6.07, 6.45) is 0.697. The van der Waals surface area contributed by atoms with E-state index in [1.54, 1.807) is 11.3 Å². The number of hydrogen-bond acceptors (Lipinski definition) is 4. The Balaban J connectivity index is 1.69. The zero-order chi connectivity index (χ0) is 16.1. The molecule has 0 aliphatic heterocycles. The molecule has 0 saturated heterocycles. The molecule has 3 rings (SSSR count). The van der Waals surface area contributed by atoms with Crippen LogP contribution in [0.2, 0.25) is 0 Å². The predicted octanol–water partition coefficient (Wildman–Crippen LogP) is 4.52. The van der Waals surface area contributed by atoms with Gasteiger partial charge in [-0.15, -0.1) is 11.3 Å². The van der Waals surface area contributed by atoms with Crippen molar-refractivity contribution in [2.45, 2.75) is 19.4 Å². The van der Waals surface area contributed by atoms with Crippen molar-refractivity contribution >= 4 is 17.0 Å². The summed E-state index contributed by atoms with van der Waals surface area (Å²) < 4.78 is 0. The van der Waals surface area contributed by atoms with Crippen LogP contribution in [0.1, 0.15) is 23.5 Å². The van der Waals surface area contributed by atoms with Gasteiger partial charge in [0, 0.05) is 23.2 Å². The molecule has 4 heteroatoms. The van der Waals surface area contributed by atoms with E-state index in [4.69, 9.17) is 10.1 Å². The lowest BCUT2D eigenvalue weighted by atomic mass is 10.1. The first-order chi connectivity index (χ1) is 11.3. The first-order valence-corrected chi connectivity index (χ1v) is 8.61. The first-order valence-electron chi connectivity index (χ1n) is 7.73. The number of aliphatic hydroxyl groups is 1. The zero-order valence-electron chi connectivity index (χ0n) is 13.1. The Bertz CT molecular complexity index is 738. The normalized spacial score (nSPS) is 12.1. The summed E-state index contributed by atoms with van der Waals surface area (Å²) in [5.41, 5.74) is 4.38. The molecule has 3 aromatic rings. The van der Waals surface area contributed by atoms with E-state index in [1.165, 1.54) is 0 Å². The molecule has 1 unspecified atom stereocenters. The Hall–Kier alpha value is -2.17. The highest BCUT2D eigenvalue weighted by Crippen LogP contribution is 2.27. The highest BCUT2D eigenvalue weighted by Gasteiger charge is 2.11. The van der Waals surface area contributed by atoms with E-state index in [0.717, 1.165) is 27.5 Å². The minimum Gasteiger partial charge on any atom is -0.396 e. The van der Waals surface area contributed by atoms with E-state index in [2.05, 4.69) is 29.8 Å². The van der Waals surface area contributed by atoms with Gasteiger partial charge in [-0.25, -0.2) is 4.98 Å². The predicted molar refractivity (Wildman–Crippen MR) is 96.8 cm³/mol.